The van der Waals surface area contributed by atoms with Gasteiger partial charge in [0.05, 0.1) is 10.2 Å². The van der Waals surface area contributed by atoms with E-state index in [-0.39, 0.29) is 0 Å². The van der Waals surface area contributed by atoms with Gasteiger partial charge in [-0.05, 0) is 31.4 Å². The second kappa shape index (κ2) is 5.66. The molecule has 1 aliphatic rings. The maximum atomic E-state index is 6.28. The number of aromatic nitrogens is 3. The molecule has 23 heavy (non-hydrogen) atoms. The minimum absolute atomic E-state index is 0.588. The van der Waals surface area contributed by atoms with E-state index in [1.54, 1.807) is 17.7 Å². The maximum Gasteiger partial charge on any atom is 0.189 e. The highest BCUT2D eigenvalue weighted by atomic mass is 32.1. The molecule has 0 spiro atoms. The number of aryl methyl sites for hydroxylation is 1. The fraction of sp³-hybridized carbons (Fsp3) is 0.312. The molecule has 3 N–H and O–H groups in total. The molecule has 0 bridgehead atoms. The Morgan fingerprint density at radius 2 is 2.04 bits per heavy atom. The third-order valence-electron chi connectivity index (χ3n) is 4.11. The fourth-order valence-corrected chi connectivity index (χ4v) is 3.85. The highest BCUT2D eigenvalue weighted by molar-refractivity contribution is 7.22. The van der Waals surface area contributed by atoms with Gasteiger partial charge in [0.25, 0.3) is 0 Å². The molecule has 3 heterocycles. The van der Waals surface area contributed by atoms with Gasteiger partial charge < -0.3 is 16.0 Å². The largest absolute Gasteiger partial charge is 0.393 e. The van der Waals surface area contributed by atoms with Crippen molar-refractivity contribution < 1.29 is 0 Å². The fourth-order valence-electron chi connectivity index (χ4n) is 2.91. The van der Waals surface area contributed by atoms with E-state index < -0.39 is 0 Å². The van der Waals surface area contributed by atoms with Crippen LogP contribution in [0.5, 0.6) is 0 Å². The molecule has 3 aromatic rings. The van der Waals surface area contributed by atoms with Gasteiger partial charge in [-0.1, -0.05) is 23.5 Å². The Hall–Kier alpha value is -2.41. The molecule has 0 unspecified atom stereocenters. The number of nitrogen functional groups attached to an aromatic ring is 1. The summed E-state index contributed by atoms with van der Waals surface area (Å²) in [7, 11) is 0. The quantitative estimate of drug-likeness (QED) is 0.768. The average Bonchev–Trinajstić information content (AvgIpc) is 3.19. The van der Waals surface area contributed by atoms with E-state index in [0.29, 0.717) is 11.5 Å². The molecule has 2 aromatic heterocycles. The van der Waals surface area contributed by atoms with Crippen molar-refractivity contribution in [3.05, 3.63) is 30.1 Å². The maximum absolute atomic E-state index is 6.28. The molecule has 1 saturated heterocycles. The average molecular weight is 326 g/mol. The van der Waals surface area contributed by atoms with Gasteiger partial charge in [-0.3, -0.25) is 0 Å². The number of nitrogens with zero attached hydrogens (tertiary/aromatic N) is 4. The number of hydrogen-bond donors (Lipinski definition) is 2. The van der Waals surface area contributed by atoms with E-state index >= 15 is 0 Å². The summed E-state index contributed by atoms with van der Waals surface area (Å²) in [5.41, 5.74) is 9.06. The van der Waals surface area contributed by atoms with Crippen LogP contribution >= 0.6 is 11.3 Å². The summed E-state index contributed by atoms with van der Waals surface area (Å²) in [4.78, 5) is 15.5. The molecule has 7 heteroatoms. The molecule has 4 rings (SSSR count). The lowest BCUT2D eigenvalue weighted by Crippen LogP contribution is -2.21. The van der Waals surface area contributed by atoms with Gasteiger partial charge in [0, 0.05) is 13.1 Å². The van der Waals surface area contributed by atoms with Gasteiger partial charge in [-0.2, -0.15) is 0 Å². The molecule has 0 atom stereocenters. The summed E-state index contributed by atoms with van der Waals surface area (Å²) in [6.07, 6.45) is 3.93. The lowest BCUT2D eigenvalue weighted by Gasteiger charge is -2.19. The van der Waals surface area contributed by atoms with Crippen LogP contribution in [-0.4, -0.2) is 28.0 Å². The van der Waals surface area contributed by atoms with Gasteiger partial charge in [0.1, 0.15) is 12.0 Å². The number of rotatable bonds is 3. The topological polar surface area (TPSA) is 80.0 Å². The summed E-state index contributed by atoms with van der Waals surface area (Å²) < 4.78 is 1.15. The van der Waals surface area contributed by atoms with Crippen LogP contribution in [0.4, 0.5) is 22.5 Å². The first-order valence-corrected chi connectivity index (χ1v) is 8.52. The van der Waals surface area contributed by atoms with Crippen molar-refractivity contribution in [1.29, 1.82) is 0 Å². The van der Waals surface area contributed by atoms with Crippen LogP contribution in [0.3, 0.4) is 0 Å². The molecule has 1 aliphatic heterocycles. The number of benzene rings is 1. The summed E-state index contributed by atoms with van der Waals surface area (Å²) in [5, 5.41) is 4.06. The second-order valence-corrected chi connectivity index (χ2v) is 6.75. The van der Waals surface area contributed by atoms with Crippen LogP contribution in [0.2, 0.25) is 0 Å². The third kappa shape index (κ3) is 2.57. The Morgan fingerprint density at radius 1 is 1.22 bits per heavy atom. The summed E-state index contributed by atoms with van der Waals surface area (Å²) in [5.74, 6) is 1.44. The minimum atomic E-state index is 0.588. The smallest absolute Gasteiger partial charge is 0.189 e. The van der Waals surface area contributed by atoms with Gasteiger partial charge >= 0.3 is 0 Å². The van der Waals surface area contributed by atoms with Gasteiger partial charge in [-0.25, -0.2) is 15.0 Å². The van der Waals surface area contributed by atoms with E-state index in [1.165, 1.54) is 18.4 Å². The zero-order valence-corrected chi connectivity index (χ0v) is 13.7. The molecule has 0 radical (unpaired) electrons. The van der Waals surface area contributed by atoms with Crippen LogP contribution in [0, 0.1) is 6.92 Å². The molecule has 0 aliphatic carbocycles. The Kier molecular flexibility index (Phi) is 3.49. The van der Waals surface area contributed by atoms with Crippen molar-refractivity contribution in [3.63, 3.8) is 0 Å². The normalized spacial score (nSPS) is 14.6. The van der Waals surface area contributed by atoms with Crippen LogP contribution in [0.25, 0.3) is 10.2 Å². The van der Waals surface area contributed by atoms with Crippen molar-refractivity contribution in [1.82, 2.24) is 15.0 Å². The predicted molar refractivity (Wildman–Crippen MR) is 95.5 cm³/mol. The molecule has 1 fully saturated rings. The molecular formula is C16H18N6S. The van der Waals surface area contributed by atoms with Gasteiger partial charge in [0.2, 0.25) is 0 Å². The highest BCUT2D eigenvalue weighted by Gasteiger charge is 2.19. The minimum Gasteiger partial charge on any atom is -0.393 e. The summed E-state index contributed by atoms with van der Waals surface area (Å²) in [6.45, 7) is 4.07. The highest BCUT2D eigenvalue weighted by Crippen LogP contribution is 2.33. The van der Waals surface area contributed by atoms with Gasteiger partial charge in [-0.15, -0.1) is 0 Å². The van der Waals surface area contributed by atoms with E-state index in [0.717, 1.165) is 34.3 Å². The number of fused-ring (bicyclic) bond motifs is 1. The number of anilines is 4. The first kappa shape index (κ1) is 14.2. The standard InChI is InChI=1S/C16H18N6S/c1-10-5-4-6-11-13(10)20-16(23-11)21-14-12(17)15(19-9-18-14)22-7-2-3-8-22/h4-6,9H,2-3,7-8,17H2,1H3,(H,18,19,20,21). The van der Waals surface area contributed by atoms with Crippen LogP contribution in [0.1, 0.15) is 18.4 Å². The lowest BCUT2D eigenvalue weighted by atomic mass is 10.2. The first-order chi connectivity index (χ1) is 11.2. The number of nitrogens with one attached hydrogen (secondary N) is 1. The molecule has 6 nitrogen and oxygen atoms in total. The molecule has 1 aromatic carbocycles. The second-order valence-electron chi connectivity index (χ2n) is 5.72. The third-order valence-corrected chi connectivity index (χ3v) is 5.05. The predicted octanol–water partition coefficient (Wildman–Crippen LogP) is 3.32. The number of hydrogen-bond acceptors (Lipinski definition) is 7. The van der Waals surface area contributed by atoms with Crippen molar-refractivity contribution in [2.45, 2.75) is 19.8 Å². The molecular weight excluding hydrogens is 308 g/mol. The Labute approximate surface area is 138 Å². The van der Waals surface area contributed by atoms with Crippen LogP contribution in [-0.2, 0) is 0 Å². The Balaban J connectivity index is 1.67. The van der Waals surface area contributed by atoms with Gasteiger partial charge in [0.15, 0.2) is 16.8 Å². The zero-order valence-electron chi connectivity index (χ0n) is 12.9. The lowest BCUT2D eigenvalue weighted by molar-refractivity contribution is 0.931. The van der Waals surface area contributed by atoms with E-state index in [2.05, 4.69) is 44.2 Å². The van der Waals surface area contributed by atoms with Crippen molar-refractivity contribution in [3.8, 4) is 0 Å². The van der Waals surface area contributed by atoms with Crippen molar-refractivity contribution in [2.75, 3.05) is 29.0 Å². The van der Waals surface area contributed by atoms with Crippen LogP contribution in [0.15, 0.2) is 24.5 Å². The Morgan fingerprint density at radius 3 is 2.83 bits per heavy atom. The van der Waals surface area contributed by atoms with Crippen molar-refractivity contribution >= 4 is 44.0 Å². The molecule has 118 valence electrons. The monoisotopic (exact) mass is 326 g/mol. The molecule has 0 saturated carbocycles. The summed E-state index contributed by atoms with van der Waals surface area (Å²) >= 11 is 1.60. The molecule has 0 amide bonds. The Bertz CT molecular complexity index is 853. The van der Waals surface area contributed by atoms with E-state index in [9.17, 15) is 0 Å². The number of para-hydroxylation sites is 1. The SMILES string of the molecule is Cc1cccc2sc(Nc3ncnc(N4CCCC4)c3N)nc12. The van der Waals surface area contributed by atoms with Crippen molar-refractivity contribution in [2.24, 2.45) is 0 Å². The van der Waals surface area contributed by atoms with E-state index in [1.807, 2.05) is 6.07 Å². The van der Waals surface area contributed by atoms with Crippen LogP contribution < -0.4 is 16.0 Å². The first-order valence-electron chi connectivity index (χ1n) is 7.71. The zero-order chi connectivity index (χ0) is 15.8. The number of thiazole rings is 1. The summed E-state index contributed by atoms with van der Waals surface area (Å²) in [6, 6.07) is 6.19. The van der Waals surface area contributed by atoms with E-state index in [4.69, 9.17) is 5.73 Å². The number of nitrogens with two attached hydrogens (primary N) is 1.